The molecule has 1 fully saturated rings. The first-order valence-electron chi connectivity index (χ1n) is 5.06. The quantitative estimate of drug-likeness (QED) is 0.805. The zero-order valence-electron chi connectivity index (χ0n) is 8.12. The molecule has 0 amide bonds. The van der Waals surface area contributed by atoms with E-state index in [2.05, 4.69) is 11.4 Å². The molecule has 0 aromatic carbocycles. The topological polar surface area (TPSA) is 35.8 Å². The van der Waals surface area contributed by atoms with Gasteiger partial charge in [-0.2, -0.15) is 5.26 Å². The number of nitrogens with one attached hydrogen (secondary N) is 1. The highest BCUT2D eigenvalue weighted by Crippen LogP contribution is 2.21. The minimum Gasteiger partial charge on any atom is -0.316 e. The molecule has 2 nitrogen and oxygen atoms in total. The van der Waals surface area contributed by atoms with Crippen molar-refractivity contribution in [3.8, 4) is 6.07 Å². The number of thiophene rings is 1. The van der Waals surface area contributed by atoms with Crippen LogP contribution in [-0.4, -0.2) is 13.1 Å². The number of nitriles is 1. The predicted molar refractivity (Wildman–Crippen MR) is 58.3 cm³/mol. The largest absolute Gasteiger partial charge is 0.316 e. The van der Waals surface area contributed by atoms with Crippen molar-refractivity contribution in [2.24, 2.45) is 5.92 Å². The number of hydrogen-bond donors (Lipinski definition) is 1. The average Bonchev–Trinajstić information content (AvgIpc) is 2.67. The summed E-state index contributed by atoms with van der Waals surface area (Å²) in [6.45, 7) is 2.31. The van der Waals surface area contributed by atoms with Crippen LogP contribution < -0.4 is 5.32 Å². The predicted octanol–water partition coefficient (Wildman–Crippen LogP) is 2.16. The van der Waals surface area contributed by atoms with E-state index >= 15 is 0 Å². The van der Waals surface area contributed by atoms with Gasteiger partial charge in [-0.1, -0.05) is 0 Å². The zero-order valence-corrected chi connectivity index (χ0v) is 8.94. The van der Waals surface area contributed by atoms with Gasteiger partial charge in [0.15, 0.2) is 0 Å². The molecule has 0 radical (unpaired) electrons. The van der Waals surface area contributed by atoms with Crippen LogP contribution in [0.15, 0.2) is 11.4 Å². The van der Waals surface area contributed by atoms with Crippen LogP contribution in [-0.2, 0) is 6.42 Å². The van der Waals surface area contributed by atoms with E-state index in [0.29, 0.717) is 0 Å². The van der Waals surface area contributed by atoms with Crippen LogP contribution in [0.2, 0.25) is 0 Å². The molecular formula is C11H14N2S. The number of hydrogen-bond acceptors (Lipinski definition) is 3. The van der Waals surface area contributed by atoms with Gasteiger partial charge in [-0.05, 0) is 44.3 Å². The van der Waals surface area contributed by atoms with Gasteiger partial charge in [-0.25, -0.2) is 0 Å². The normalized spacial score (nSPS) is 21.8. The van der Waals surface area contributed by atoms with E-state index in [1.807, 2.05) is 11.4 Å². The van der Waals surface area contributed by atoms with Crippen molar-refractivity contribution in [3.63, 3.8) is 0 Å². The minimum absolute atomic E-state index is 0.772. The van der Waals surface area contributed by atoms with Gasteiger partial charge in [-0.3, -0.25) is 0 Å². The Morgan fingerprint density at radius 2 is 2.57 bits per heavy atom. The van der Waals surface area contributed by atoms with Gasteiger partial charge in [-0.15, -0.1) is 11.3 Å². The Hall–Kier alpha value is -0.850. The molecule has 3 heteroatoms. The number of nitrogens with zero attached hydrogens (tertiary/aromatic N) is 1. The second-order valence-electron chi connectivity index (χ2n) is 3.83. The smallest absolute Gasteiger partial charge is 0.1000 e. The molecule has 0 spiro atoms. The lowest BCUT2D eigenvalue weighted by atomic mass is 9.95. The molecule has 1 N–H and O–H groups in total. The van der Waals surface area contributed by atoms with Crippen molar-refractivity contribution in [1.29, 1.82) is 5.26 Å². The van der Waals surface area contributed by atoms with Crippen molar-refractivity contribution >= 4 is 11.3 Å². The summed E-state index contributed by atoms with van der Waals surface area (Å²) in [6, 6.07) is 4.21. The summed E-state index contributed by atoms with van der Waals surface area (Å²) in [5.74, 6) is 0.772. The fraction of sp³-hybridized carbons (Fsp3) is 0.545. The highest BCUT2D eigenvalue weighted by atomic mass is 32.1. The molecule has 0 aliphatic carbocycles. The Morgan fingerprint density at radius 3 is 3.21 bits per heavy atom. The molecular weight excluding hydrogens is 192 g/mol. The summed E-state index contributed by atoms with van der Waals surface area (Å²) in [7, 11) is 0. The molecule has 1 aliphatic heterocycles. The first-order chi connectivity index (χ1) is 6.88. The summed E-state index contributed by atoms with van der Waals surface area (Å²) in [6.07, 6.45) is 3.76. The molecule has 2 rings (SSSR count). The lowest BCUT2D eigenvalue weighted by Gasteiger charge is -2.21. The molecule has 0 saturated carbocycles. The Labute approximate surface area is 88.6 Å². The van der Waals surface area contributed by atoms with Crippen LogP contribution in [0.25, 0.3) is 0 Å². The third-order valence-corrected chi connectivity index (χ3v) is 3.63. The standard InChI is InChI=1S/C11H14N2S/c12-6-10-5-11(14-8-10)4-9-2-1-3-13-7-9/h5,8-9,13H,1-4,7H2. The average molecular weight is 206 g/mol. The van der Waals surface area contributed by atoms with Crippen LogP contribution in [0, 0.1) is 17.2 Å². The molecule has 74 valence electrons. The van der Waals surface area contributed by atoms with Crippen molar-refractivity contribution in [3.05, 3.63) is 21.9 Å². The summed E-state index contributed by atoms with van der Waals surface area (Å²) in [5.41, 5.74) is 0.814. The van der Waals surface area contributed by atoms with E-state index < -0.39 is 0 Å². The maximum atomic E-state index is 8.70. The third kappa shape index (κ3) is 2.34. The lowest BCUT2D eigenvalue weighted by Crippen LogP contribution is -2.30. The van der Waals surface area contributed by atoms with E-state index in [0.717, 1.165) is 24.4 Å². The van der Waals surface area contributed by atoms with E-state index in [1.54, 1.807) is 11.3 Å². The zero-order chi connectivity index (χ0) is 9.80. The molecule has 0 bridgehead atoms. The maximum Gasteiger partial charge on any atom is 0.1000 e. The van der Waals surface area contributed by atoms with Crippen molar-refractivity contribution in [1.82, 2.24) is 5.32 Å². The molecule has 1 unspecified atom stereocenters. The molecule has 1 aliphatic rings. The van der Waals surface area contributed by atoms with E-state index in [1.165, 1.54) is 24.3 Å². The molecule has 1 saturated heterocycles. The highest BCUT2D eigenvalue weighted by Gasteiger charge is 2.14. The van der Waals surface area contributed by atoms with Gasteiger partial charge < -0.3 is 5.32 Å². The molecule has 1 aromatic heterocycles. The number of piperidine rings is 1. The van der Waals surface area contributed by atoms with E-state index in [-0.39, 0.29) is 0 Å². The third-order valence-electron chi connectivity index (χ3n) is 2.67. The van der Waals surface area contributed by atoms with Gasteiger partial charge in [0.05, 0.1) is 11.6 Å². The number of rotatable bonds is 2. The second-order valence-corrected chi connectivity index (χ2v) is 4.83. The van der Waals surface area contributed by atoms with E-state index in [4.69, 9.17) is 5.26 Å². The lowest BCUT2D eigenvalue weighted by molar-refractivity contribution is 0.378. The Morgan fingerprint density at radius 1 is 1.64 bits per heavy atom. The second kappa shape index (κ2) is 4.59. The van der Waals surface area contributed by atoms with Crippen molar-refractivity contribution in [2.75, 3.05) is 13.1 Å². The highest BCUT2D eigenvalue weighted by molar-refractivity contribution is 7.10. The van der Waals surface area contributed by atoms with Gasteiger partial charge >= 0.3 is 0 Å². The molecule has 14 heavy (non-hydrogen) atoms. The Balaban J connectivity index is 1.93. The fourth-order valence-corrected chi connectivity index (χ4v) is 2.86. The van der Waals surface area contributed by atoms with Crippen molar-refractivity contribution in [2.45, 2.75) is 19.3 Å². The Bertz CT molecular complexity index is 331. The fourth-order valence-electron chi connectivity index (χ4n) is 1.93. The van der Waals surface area contributed by atoms with Crippen LogP contribution in [0.4, 0.5) is 0 Å². The van der Waals surface area contributed by atoms with Crippen LogP contribution in [0.1, 0.15) is 23.3 Å². The van der Waals surface area contributed by atoms with Crippen LogP contribution in [0.5, 0.6) is 0 Å². The van der Waals surface area contributed by atoms with Crippen molar-refractivity contribution < 1.29 is 0 Å². The maximum absolute atomic E-state index is 8.70. The van der Waals surface area contributed by atoms with Crippen LogP contribution in [0.3, 0.4) is 0 Å². The summed E-state index contributed by atoms with van der Waals surface area (Å²) in [4.78, 5) is 1.36. The summed E-state index contributed by atoms with van der Waals surface area (Å²) in [5, 5.41) is 14.1. The van der Waals surface area contributed by atoms with Crippen LogP contribution >= 0.6 is 11.3 Å². The monoisotopic (exact) mass is 206 g/mol. The van der Waals surface area contributed by atoms with Gasteiger partial charge in [0.2, 0.25) is 0 Å². The molecule has 1 aromatic rings. The molecule has 1 atom stereocenters. The minimum atomic E-state index is 0.772. The first kappa shape index (κ1) is 9.70. The van der Waals surface area contributed by atoms with Gasteiger partial charge in [0.25, 0.3) is 0 Å². The SMILES string of the molecule is N#Cc1csc(CC2CCCNC2)c1. The van der Waals surface area contributed by atoms with E-state index in [9.17, 15) is 0 Å². The Kier molecular flexibility index (Phi) is 3.18. The van der Waals surface area contributed by atoms with Gasteiger partial charge in [0.1, 0.15) is 0 Å². The summed E-state index contributed by atoms with van der Waals surface area (Å²) < 4.78 is 0. The van der Waals surface area contributed by atoms with Gasteiger partial charge in [0, 0.05) is 10.3 Å². The summed E-state index contributed by atoms with van der Waals surface area (Å²) >= 11 is 1.72. The first-order valence-corrected chi connectivity index (χ1v) is 5.94. The molecule has 2 heterocycles.